The second-order valence-corrected chi connectivity index (χ2v) is 8.62. The normalized spacial score (nSPS) is 24.2. The third kappa shape index (κ3) is 4.71. The molecule has 2 heterocycles. The Hall–Kier alpha value is -2.72. The number of hydrogen-bond donors (Lipinski definition) is 2. The van der Waals surface area contributed by atoms with E-state index in [-0.39, 0.29) is 30.5 Å². The Kier molecular flexibility index (Phi) is 6.90. The third-order valence-corrected chi connectivity index (χ3v) is 6.45. The Labute approximate surface area is 188 Å². The molecule has 2 aromatic carbocycles. The van der Waals surface area contributed by atoms with Crippen LogP contribution in [-0.2, 0) is 0 Å². The minimum atomic E-state index is -0.676. The Morgan fingerprint density at radius 2 is 1.94 bits per heavy atom. The van der Waals surface area contributed by atoms with Crippen molar-refractivity contribution in [2.75, 3.05) is 26.2 Å². The van der Waals surface area contributed by atoms with Crippen LogP contribution in [0.2, 0.25) is 0 Å². The van der Waals surface area contributed by atoms with E-state index >= 15 is 0 Å². The minimum Gasteiger partial charge on any atom is -0.395 e. The third-order valence-electron chi connectivity index (χ3n) is 6.45. The molecule has 2 saturated heterocycles. The number of amides is 1. The van der Waals surface area contributed by atoms with Gasteiger partial charge < -0.3 is 15.1 Å². The van der Waals surface area contributed by atoms with Gasteiger partial charge in [0.15, 0.2) is 0 Å². The summed E-state index contributed by atoms with van der Waals surface area (Å²) in [4.78, 5) is 17.2. The van der Waals surface area contributed by atoms with Crippen molar-refractivity contribution in [3.63, 3.8) is 0 Å². The molecule has 32 heavy (non-hydrogen) atoms. The molecule has 6 heteroatoms. The molecule has 2 fully saturated rings. The fourth-order valence-corrected chi connectivity index (χ4v) is 4.91. The summed E-state index contributed by atoms with van der Waals surface area (Å²) in [6.45, 7) is 3.76. The average Bonchev–Trinajstić information content (AvgIpc) is 2.77. The Morgan fingerprint density at radius 3 is 2.62 bits per heavy atom. The topological polar surface area (TPSA) is 64.0 Å². The lowest BCUT2D eigenvalue weighted by Gasteiger charge is -2.57. The predicted octanol–water partition coefficient (Wildman–Crippen LogP) is 2.62. The summed E-state index contributed by atoms with van der Waals surface area (Å²) in [5.41, 5.74) is 2.30. The van der Waals surface area contributed by atoms with E-state index < -0.39 is 11.9 Å². The fourth-order valence-electron chi connectivity index (χ4n) is 4.91. The fraction of sp³-hybridized carbons (Fsp3) is 0.423. The van der Waals surface area contributed by atoms with E-state index in [2.05, 4.69) is 16.7 Å². The maximum Gasteiger partial charge on any atom is 0.254 e. The molecular formula is C26H29FN2O3. The van der Waals surface area contributed by atoms with Gasteiger partial charge in [-0.25, -0.2) is 4.39 Å². The van der Waals surface area contributed by atoms with Crippen LogP contribution in [0.25, 0.3) is 0 Å². The highest BCUT2D eigenvalue weighted by Crippen LogP contribution is 2.42. The molecule has 0 radical (unpaired) electrons. The standard InChI is InChI=1S/C26H29FN2O3/c1-18(31)7-8-19-9-11-20(12-10-19)25-23-16-28(13-2-3-14-29(23)24(25)17-30)26(32)21-5-4-6-22(27)15-21/h4-6,9-12,15,18,23-25,30-31H,2-3,13-14,16-17H2,1H3/t18-,23+,24-,25+/m0/s1. The Bertz CT molecular complexity index is 1010. The molecule has 5 nitrogen and oxygen atoms in total. The molecule has 4 rings (SSSR count). The SMILES string of the molecule is C[C@H](O)C#Cc1ccc([C@@H]2[C@H]3CN(C(=O)c4cccc(F)c4)CCCCN3[C@H]2CO)cc1. The molecule has 2 aliphatic heterocycles. The van der Waals surface area contributed by atoms with Gasteiger partial charge in [0.1, 0.15) is 11.9 Å². The first-order valence-corrected chi connectivity index (χ1v) is 11.2. The first kappa shape index (κ1) is 22.5. The molecule has 2 aromatic rings. The van der Waals surface area contributed by atoms with E-state index in [1.54, 1.807) is 19.1 Å². The highest BCUT2D eigenvalue weighted by molar-refractivity contribution is 5.94. The van der Waals surface area contributed by atoms with E-state index in [0.29, 0.717) is 18.7 Å². The second kappa shape index (κ2) is 9.83. The summed E-state index contributed by atoms with van der Waals surface area (Å²) >= 11 is 0. The summed E-state index contributed by atoms with van der Waals surface area (Å²) in [5.74, 6) is 5.22. The van der Waals surface area contributed by atoms with Gasteiger partial charge in [0, 0.05) is 42.2 Å². The van der Waals surface area contributed by atoms with E-state index in [0.717, 1.165) is 30.5 Å². The van der Waals surface area contributed by atoms with Crippen molar-refractivity contribution in [1.29, 1.82) is 0 Å². The maximum absolute atomic E-state index is 13.7. The molecular weight excluding hydrogens is 407 g/mol. The van der Waals surface area contributed by atoms with Gasteiger partial charge in [-0.1, -0.05) is 30.0 Å². The van der Waals surface area contributed by atoms with E-state index in [1.807, 2.05) is 29.2 Å². The maximum atomic E-state index is 13.7. The zero-order valence-electron chi connectivity index (χ0n) is 18.2. The van der Waals surface area contributed by atoms with Crippen LogP contribution >= 0.6 is 0 Å². The lowest BCUT2D eigenvalue weighted by molar-refractivity contribution is -0.0606. The molecule has 0 bridgehead atoms. The average molecular weight is 437 g/mol. The largest absolute Gasteiger partial charge is 0.395 e. The first-order valence-electron chi connectivity index (χ1n) is 11.2. The van der Waals surface area contributed by atoms with Gasteiger partial charge in [0.2, 0.25) is 0 Å². The molecule has 2 aliphatic rings. The van der Waals surface area contributed by atoms with Crippen molar-refractivity contribution in [3.05, 3.63) is 71.0 Å². The van der Waals surface area contributed by atoms with Crippen molar-refractivity contribution >= 4 is 5.91 Å². The van der Waals surface area contributed by atoms with Crippen LogP contribution in [-0.4, -0.2) is 70.3 Å². The van der Waals surface area contributed by atoms with Gasteiger partial charge in [0.25, 0.3) is 5.91 Å². The smallest absolute Gasteiger partial charge is 0.254 e. The van der Waals surface area contributed by atoms with Crippen LogP contribution in [0, 0.1) is 17.7 Å². The molecule has 168 valence electrons. The number of aliphatic hydroxyl groups is 2. The van der Waals surface area contributed by atoms with Crippen LogP contribution in [0.15, 0.2) is 48.5 Å². The van der Waals surface area contributed by atoms with E-state index in [4.69, 9.17) is 0 Å². The lowest BCUT2D eigenvalue weighted by Crippen LogP contribution is -2.67. The minimum absolute atomic E-state index is 0.0126. The number of nitrogens with zero attached hydrogens (tertiary/aromatic N) is 2. The highest BCUT2D eigenvalue weighted by Gasteiger charge is 2.49. The van der Waals surface area contributed by atoms with Gasteiger partial charge in [-0.15, -0.1) is 0 Å². The number of rotatable bonds is 3. The van der Waals surface area contributed by atoms with Crippen molar-refractivity contribution < 1.29 is 19.4 Å². The zero-order valence-corrected chi connectivity index (χ0v) is 18.2. The van der Waals surface area contributed by atoms with Crippen LogP contribution in [0.1, 0.15) is 47.2 Å². The zero-order chi connectivity index (χ0) is 22.7. The highest BCUT2D eigenvalue weighted by atomic mass is 19.1. The molecule has 0 spiro atoms. The lowest BCUT2D eigenvalue weighted by atomic mass is 9.74. The van der Waals surface area contributed by atoms with Gasteiger partial charge in [0.05, 0.1) is 6.61 Å². The van der Waals surface area contributed by atoms with E-state index in [9.17, 15) is 19.4 Å². The molecule has 0 saturated carbocycles. The predicted molar refractivity (Wildman–Crippen MR) is 121 cm³/mol. The van der Waals surface area contributed by atoms with Gasteiger partial charge >= 0.3 is 0 Å². The van der Waals surface area contributed by atoms with Crippen molar-refractivity contribution in [1.82, 2.24) is 9.80 Å². The monoisotopic (exact) mass is 436 g/mol. The summed E-state index contributed by atoms with van der Waals surface area (Å²) in [6.07, 6.45) is 1.15. The van der Waals surface area contributed by atoms with Crippen molar-refractivity contribution in [2.45, 2.75) is 43.9 Å². The first-order chi connectivity index (χ1) is 15.5. The quantitative estimate of drug-likeness (QED) is 0.727. The molecule has 1 amide bonds. The van der Waals surface area contributed by atoms with Crippen molar-refractivity contribution in [2.24, 2.45) is 0 Å². The summed E-state index contributed by atoms with van der Waals surface area (Å²) in [7, 11) is 0. The number of carbonyl (C=O) groups excluding carboxylic acids is 1. The number of aliphatic hydroxyl groups excluding tert-OH is 2. The second-order valence-electron chi connectivity index (χ2n) is 8.62. The molecule has 0 aromatic heterocycles. The van der Waals surface area contributed by atoms with Crippen LogP contribution < -0.4 is 0 Å². The Balaban J connectivity index is 1.56. The molecule has 2 N–H and O–H groups in total. The number of halogens is 1. The summed E-state index contributed by atoms with van der Waals surface area (Å²) in [5, 5.41) is 19.4. The summed E-state index contributed by atoms with van der Waals surface area (Å²) in [6, 6.07) is 13.9. The van der Waals surface area contributed by atoms with Gasteiger partial charge in [-0.05, 0) is 62.2 Å². The molecule has 4 atom stereocenters. The number of hydrogen-bond acceptors (Lipinski definition) is 4. The molecule has 0 unspecified atom stereocenters. The van der Waals surface area contributed by atoms with Gasteiger partial charge in [-0.3, -0.25) is 9.69 Å². The number of fused-ring (bicyclic) bond motifs is 1. The van der Waals surface area contributed by atoms with Crippen LogP contribution in [0.4, 0.5) is 4.39 Å². The number of carbonyl (C=O) groups is 1. The van der Waals surface area contributed by atoms with Crippen LogP contribution in [0.3, 0.4) is 0 Å². The Morgan fingerprint density at radius 1 is 1.19 bits per heavy atom. The molecule has 0 aliphatic carbocycles. The van der Waals surface area contributed by atoms with Crippen molar-refractivity contribution in [3.8, 4) is 11.8 Å². The van der Waals surface area contributed by atoms with Gasteiger partial charge in [-0.2, -0.15) is 0 Å². The van der Waals surface area contributed by atoms with Crippen LogP contribution in [0.5, 0.6) is 0 Å². The number of benzene rings is 2. The van der Waals surface area contributed by atoms with E-state index in [1.165, 1.54) is 12.1 Å². The summed E-state index contributed by atoms with van der Waals surface area (Å²) < 4.78 is 13.7.